The van der Waals surface area contributed by atoms with E-state index in [9.17, 15) is 18.0 Å². The lowest BCUT2D eigenvalue weighted by molar-refractivity contribution is -0.136. The fourth-order valence-corrected chi connectivity index (χ4v) is 1.45. The predicted molar refractivity (Wildman–Crippen MR) is 68.0 cm³/mol. The van der Waals surface area contributed by atoms with Crippen molar-refractivity contribution in [2.75, 3.05) is 20.2 Å². The number of hydrogen-bond acceptors (Lipinski definition) is 2. The third kappa shape index (κ3) is 5.33. The number of rotatable bonds is 3. The molecule has 0 bridgehead atoms. The van der Waals surface area contributed by atoms with Gasteiger partial charge in [0.2, 0.25) is 0 Å². The Balaban J connectivity index is 2.67. The Hall–Kier alpha value is -2.00. The molecule has 6 heteroatoms. The molecule has 0 unspecified atom stereocenters. The monoisotopic (exact) mass is 285 g/mol. The van der Waals surface area contributed by atoms with Gasteiger partial charge in [0.05, 0.1) is 6.42 Å². The van der Waals surface area contributed by atoms with E-state index in [2.05, 4.69) is 11.8 Å². The van der Waals surface area contributed by atoms with E-state index in [0.717, 1.165) is 4.90 Å². The molecule has 0 spiro atoms. The summed E-state index contributed by atoms with van der Waals surface area (Å²) in [6.07, 6.45) is -5.31. The lowest BCUT2D eigenvalue weighted by Crippen LogP contribution is -2.30. The quantitative estimate of drug-likeness (QED) is 0.864. The van der Waals surface area contributed by atoms with E-state index in [1.807, 2.05) is 0 Å². The summed E-state index contributed by atoms with van der Waals surface area (Å²) < 4.78 is 36.2. The molecular weight excluding hydrogens is 271 g/mol. The minimum absolute atomic E-state index is 0.263. The van der Waals surface area contributed by atoms with Crippen molar-refractivity contribution in [2.24, 2.45) is 0 Å². The number of carbonyl (C=O) groups excluding carboxylic acids is 1. The second-order valence-electron chi connectivity index (χ2n) is 4.13. The van der Waals surface area contributed by atoms with Gasteiger partial charge in [0.1, 0.15) is 6.61 Å². The first-order valence-corrected chi connectivity index (χ1v) is 5.85. The van der Waals surface area contributed by atoms with Crippen LogP contribution in [0, 0.1) is 11.8 Å². The summed E-state index contributed by atoms with van der Waals surface area (Å²) in [6.45, 7) is -0.644. The zero-order valence-electron chi connectivity index (χ0n) is 10.9. The SMILES string of the molecule is CN(CCC(F)(F)F)C(=O)c1ccc(C#CCO)cc1. The summed E-state index contributed by atoms with van der Waals surface area (Å²) in [5, 5.41) is 8.54. The van der Waals surface area contributed by atoms with Gasteiger partial charge in [-0.25, -0.2) is 0 Å². The van der Waals surface area contributed by atoms with Gasteiger partial charge in [0, 0.05) is 24.7 Å². The first kappa shape index (κ1) is 16.1. The van der Waals surface area contributed by atoms with Crippen LogP contribution in [-0.4, -0.2) is 42.3 Å². The van der Waals surface area contributed by atoms with Gasteiger partial charge in [-0.1, -0.05) is 11.8 Å². The molecule has 3 nitrogen and oxygen atoms in total. The third-order valence-electron chi connectivity index (χ3n) is 2.52. The van der Waals surface area contributed by atoms with Crippen molar-refractivity contribution in [3.8, 4) is 11.8 Å². The van der Waals surface area contributed by atoms with E-state index in [-0.39, 0.29) is 13.2 Å². The highest BCUT2D eigenvalue weighted by atomic mass is 19.4. The lowest BCUT2D eigenvalue weighted by atomic mass is 10.1. The molecule has 0 atom stereocenters. The average molecular weight is 285 g/mol. The van der Waals surface area contributed by atoms with Crippen molar-refractivity contribution < 1.29 is 23.1 Å². The van der Waals surface area contributed by atoms with Crippen LogP contribution in [0.2, 0.25) is 0 Å². The molecule has 0 aliphatic heterocycles. The zero-order valence-corrected chi connectivity index (χ0v) is 10.9. The van der Waals surface area contributed by atoms with Gasteiger partial charge in [-0.2, -0.15) is 13.2 Å². The molecule has 0 saturated heterocycles. The first-order chi connectivity index (χ1) is 9.33. The molecule has 20 heavy (non-hydrogen) atoms. The Morgan fingerprint density at radius 2 is 1.90 bits per heavy atom. The number of alkyl halides is 3. The van der Waals surface area contributed by atoms with E-state index in [4.69, 9.17) is 5.11 Å². The molecule has 0 fully saturated rings. The average Bonchev–Trinajstić information content (AvgIpc) is 2.41. The van der Waals surface area contributed by atoms with Crippen LogP contribution in [0.3, 0.4) is 0 Å². The van der Waals surface area contributed by atoms with Gasteiger partial charge in [-0.05, 0) is 24.3 Å². The minimum Gasteiger partial charge on any atom is -0.384 e. The Kier molecular flexibility index (Phi) is 5.59. The Morgan fingerprint density at radius 3 is 2.40 bits per heavy atom. The predicted octanol–water partition coefficient (Wildman–Crippen LogP) is 2.05. The van der Waals surface area contributed by atoms with Gasteiger partial charge in [0.15, 0.2) is 0 Å². The maximum atomic E-state index is 12.1. The van der Waals surface area contributed by atoms with Crippen LogP contribution in [0.5, 0.6) is 0 Å². The molecule has 1 N–H and O–H groups in total. The number of aliphatic hydroxyl groups excluding tert-OH is 1. The van der Waals surface area contributed by atoms with Crippen LogP contribution in [0.25, 0.3) is 0 Å². The summed E-state index contributed by atoms with van der Waals surface area (Å²) in [6, 6.07) is 6.14. The van der Waals surface area contributed by atoms with Crippen molar-refractivity contribution in [3.05, 3.63) is 35.4 Å². The second kappa shape index (κ2) is 6.96. The largest absolute Gasteiger partial charge is 0.390 e. The van der Waals surface area contributed by atoms with Crippen molar-refractivity contribution in [1.82, 2.24) is 4.90 Å². The van der Waals surface area contributed by atoms with Crippen molar-refractivity contribution in [2.45, 2.75) is 12.6 Å². The van der Waals surface area contributed by atoms with Crippen molar-refractivity contribution >= 4 is 5.91 Å². The summed E-state index contributed by atoms with van der Waals surface area (Å²) in [4.78, 5) is 12.9. The Morgan fingerprint density at radius 1 is 1.30 bits per heavy atom. The van der Waals surface area contributed by atoms with Gasteiger partial charge in [-0.15, -0.1) is 0 Å². The lowest BCUT2D eigenvalue weighted by Gasteiger charge is -2.18. The van der Waals surface area contributed by atoms with Crippen molar-refractivity contribution in [1.29, 1.82) is 0 Å². The highest BCUT2D eigenvalue weighted by Gasteiger charge is 2.28. The Bertz CT molecular complexity index is 512. The van der Waals surface area contributed by atoms with Gasteiger partial charge < -0.3 is 10.0 Å². The highest BCUT2D eigenvalue weighted by molar-refractivity contribution is 5.94. The van der Waals surface area contributed by atoms with Crippen molar-refractivity contribution in [3.63, 3.8) is 0 Å². The van der Waals surface area contributed by atoms with E-state index >= 15 is 0 Å². The van der Waals surface area contributed by atoms with E-state index in [1.54, 1.807) is 12.1 Å². The number of aliphatic hydroxyl groups is 1. The number of amides is 1. The van der Waals surface area contributed by atoms with Gasteiger partial charge in [-0.3, -0.25) is 4.79 Å². The molecule has 1 aromatic rings. The molecule has 0 aliphatic rings. The van der Waals surface area contributed by atoms with E-state index in [0.29, 0.717) is 11.1 Å². The maximum Gasteiger partial charge on any atom is 0.390 e. The smallest absolute Gasteiger partial charge is 0.384 e. The number of halogens is 3. The summed E-state index contributed by atoms with van der Waals surface area (Å²) in [5.74, 6) is 4.64. The normalized spacial score (nSPS) is 10.7. The molecule has 1 aromatic carbocycles. The Labute approximate surface area is 115 Å². The second-order valence-corrected chi connectivity index (χ2v) is 4.13. The van der Waals surface area contributed by atoms with Crippen LogP contribution in [0.15, 0.2) is 24.3 Å². The molecule has 0 aromatic heterocycles. The third-order valence-corrected chi connectivity index (χ3v) is 2.52. The number of benzene rings is 1. The topological polar surface area (TPSA) is 40.5 Å². The molecule has 108 valence electrons. The molecule has 1 amide bonds. The minimum atomic E-state index is -4.28. The van der Waals surface area contributed by atoms with Crippen LogP contribution >= 0.6 is 0 Å². The highest BCUT2D eigenvalue weighted by Crippen LogP contribution is 2.19. The fraction of sp³-hybridized carbons (Fsp3) is 0.357. The molecule has 0 heterocycles. The van der Waals surface area contributed by atoms with Crippen LogP contribution in [0.4, 0.5) is 13.2 Å². The van der Waals surface area contributed by atoms with Gasteiger partial charge in [0.25, 0.3) is 5.91 Å². The summed E-state index contributed by atoms with van der Waals surface area (Å²) in [5.41, 5.74) is 0.915. The number of nitrogens with zero attached hydrogens (tertiary/aromatic N) is 1. The van der Waals surface area contributed by atoms with Crippen LogP contribution in [-0.2, 0) is 0 Å². The maximum absolute atomic E-state index is 12.1. The zero-order chi connectivity index (χ0) is 15.2. The molecule has 0 radical (unpaired) electrons. The standard InChI is InChI=1S/C14H14F3NO2/c1-18(9-8-14(15,16)17)13(20)12-6-4-11(5-7-12)3-2-10-19/h4-7,19H,8-10H2,1H3. The summed E-state index contributed by atoms with van der Waals surface area (Å²) >= 11 is 0. The summed E-state index contributed by atoms with van der Waals surface area (Å²) in [7, 11) is 1.33. The molecule has 0 saturated carbocycles. The number of carbonyl (C=O) groups is 1. The first-order valence-electron chi connectivity index (χ1n) is 5.85. The molecule has 0 aliphatic carbocycles. The molecule has 1 rings (SSSR count). The van der Waals surface area contributed by atoms with Gasteiger partial charge >= 0.3 is 6.18 Å². The van der Waals surface area contributed by atoms with Crippen LogP contribution < -0.4 is 0 Å². The van der Waals surface area contributed by atoms with E-state index in [1.165, 1.54) is 19.2 Å². The van der Waals surface area contributed by atoms with E-state index < -0.39 is 18.5 Å². The number of hydrogen-bond donors (Lipinski definition) is 1. The fourth-order valence-electron chi connectivity index (χ4n) is 1.45. The van der Waals surface area contributed by atoms with Crippen LogP contribution in [0.1, 0.15) is 22.3 Å². The molecular formula is C14H14F3NO2.